The molecule has 3 saturated heterocycles. The third kappa shape index (κ3) is 13.3. The summed E-state index contributed by atoms with van der Waals surface area (Å²) in [5, 5.41) is 5.70. The van der Waals surface area contributed by atoms with Gasteiger partial charge in [0.15, 0.2) is 0 Å². The first-order chi connectivity index (χ1) is 32.3. The van der Waals surface area contributed by atoms with Crippen molar-refractivity contribution in [2.75, 3.05) is 103 Å². The van der Waals surface area contributed by atoms with Crippen LogP contribution in [-0.2, 0) is 28.6 Å². The number of piperazine rings is 1. The van der Waals surface area contributed by atoms with E-state index in [0.29, 0.717) is 112 Å². The van der Waals surface area contributed by atoms with Gasteiger partial charge in [-0.3, -0.25) is 38.7 Å². The maximum absolute atomic E-state index is 13.3. The molecular weight excluding hydrogens is 863 g/mol. The van der Waals surface area contributed by atoms with Crippen molar-refractivity contribution in [3.63, 3.8) is 0 Å². The molecule has 0 bridgehead atoms. The molecule has 3 fully saturated rings. The second kappa shape index (κ2) is 24.8. The Labute approximate surface area is 390 Å². The standard InChI is InChI=1S/C49H61N7O9S/c57-43(16-11-37-7-4-19-50-34-37)51-20-2-1-6-36-17-22-55(23-18-36)47(60)38-12-14-39(15-13-38)53-24-26-54(27-25-53)44(58)35-65-31-30-63-28-29-64-32-33-66-42-10-3-8-40-45(42)49(62)56(48(40)61)41-9-5-21-52-46(41)59/h3-4,7-8,10-16,19,34,36,41H,1-2,5-6,9,17-18,20-33,35H2,(H,51,57)(H,52,59)/b16-11+. The molecule has 352 valence electrons. The van der Waals surface area contributed by atoms with E-state index in [-0.39, 0.29) is 36.8 Å². The van der Waals surface area contributed by atoms with Gasteiger partial charge < -0.3 is 39.5 Å². The van der Waals surface area contributed by atoms with E-state index >= 15 is 0 Å². The number of nitrogens with one attached hydrogen (secondary N) is 2. The van der Waals surface area contributed by atoms with Crippen LogP contribution in [0.15, 0.2) is 78.0 Å². The Kier molecular flexibility index (Phi) is 18.1. The molecule has 1 aromatic heterocycles. The van der Waals surface area contributed by atoms with Crippen molar-refractivity contribution in [1.82, 2.24) is 30.3 Å². The zero-order valence-electron chi connectivity index (χ0n) is 37.5. The van der Waals surface area contributed by atoms with E-state index in [1.54, 1.807) is 36.7 Å². The van der Waals surface area contributed by atoms with Gasteiger partial charge in [0.1, 0.15) is 12.6 Å². The second-order valence-corrected chi connectivity index (χ2v) is 17.9. The fourth-order valence-electron chi connectivity index (χ4n) is 8.69. The number of pyridine rings is 1. The Bertz CT molecular complexity index is 2160. The predicted molar refractivity (Wildman–Crippen MR) is 250 cm³/mol. The Morgan fingerprint density at radius 1 is 0.803 bits per heavy atom. The quantitative estimate of drug-likeness (QED) is 0.0633. The van der Waals surface area contributed by atoms with E-state index in [1.807, 2.05) is 52.3 Å². The molecule has 0 radical (unpaired) electrons. The average Bonchev–Trinajstić information content (AvgIpc) is 3.61. The van der Waals surface area contributed by atoms with Crippen LogP contribution in [0.3, 0.4) is 0 Å². The number of likely N-dealkylation sites (tertiary alicyclic amines) is 1. The van der Waals surface area contributed by atoms with Gasteiger partial charge in [-0.05, 0) is 92.1 Å². The van der Waals surface area contributed by atoms with Gasteiger partial charge in [-0.25, -0.2) is 0 Å². The smallest absolute Gasteiger partial charge is 0.263 e. The lowest BCUT2D eigenvalue weighted by Gasteiger charge is -2.36. The van der Waals surface area contributed by atoms with Crippen LogP contribution < -0.4 is 15.5 Å². The molecule has 2 N–H and O–H groups in total. The van der Waals surface area contributed by atoms with Crippen LogP contribution in [-0.4, -0.2) is 159 Å². The van der Waals surface area contributed by atoms with Crippen molar-refractivity contribution in [2.24, 2.45) is 5.92 Å². The molecule has 7 rings (SSSR count). The molecule has 5 heterocycles. The third-order valence-electron chi connectivity index (χ3n) is 12.4. The first-order valence-electron chi connectivity index (χ1n) is 23.2. The molecule has 16 nitrogen and oxygen atoms in total. The van der Waals surface area contributed by atoms with E-state index in [2.05, 4.69) is 20.5 Å². The van der Waals surface area contributed by atoms with E-state index < -0.39 is 17.9 Å². The first-order valence-corrected chi connectivity index (χ1v) is 24.2. The zero-order chi connectivity index (χ0) is 46.1. The average molecular weight is 924 g/mol. The number of fused-ring (bicyclic) bond motifs is 1. The van der Waals surface area contributed by atoms with Crippen molar-refractivity contribution in [3.05, 3.63) is 95.3 Å². The highest BCUT2D eigenvalue weighted by Gasteiger charge is 2.44. The topological polar surface area (TPSA) is 180 Å². The fourth-order valence-corrected chi connectivity index (χ4v) is 9.63. The summed E-state index contributed by atoms with van der Waals surface area (Å²) in [7, 11) is 0. The van der Waals surface area contributed by atoms with Gasteiger partial charge in [0, 0.05) is 92.7 Å². The lowest BCUT2D eigenvalue weighted by molar-refractivity contribution is -0.137. The van der Waals surface area contributed by atoms with Gasteiger partial charge in [-0.2, -0.15) is 0 Å². The van der Waals surface area contributed by atoms with Crippen LogP contribution in [0.25, 0.3) is 6.08 Å². The zero-order valence-corrected chi connectivity index (χ0v) is 38.4. The summed E-state index contributed by atoms with van der Waals surface area (Å²) < 4.78 is 16.9. The van der Waals surface area contributed by atoms with Crippen LogP contribution in [0.4, 0.5) is 5.69 Å². The number of carbonyl (C=O) groups is 6. The van der Waals surface area contributed by atoms with Crippen LogP contribution in [0, 0.1) is 5.92 Å². The highest BCUT2D eigenvalue weighted by Crippen LogP contribution is 2.34. The van der Waals surface area contributed by atoms with E-state index in [0.717, 1.165) is 61.3 Å². The lowest BCUT2D eigenvalue weighted by atomic mass is 9.91. The summed E-state index contributed by atoms with van der Waals surface area (Å²) in [5.41, 5.74) is 3.29. The van der Waals surface area contributed by atoms with Gasteiger partial charge in [0.25, 0.3) is 17.7 Å². The van der Waals surface area contributed by atoms with Gasteiger partial charge >= 0.3 is 0 Å². The number of aromatic nitrogens is 1. The van der Waals surface area contributed by atoms with E-state index in [4.69, 9.17) is 14.2 Å². The molecule has 3 aromatic rings. The number of thioether (sulfide) groups is 1. The van der Waals surface area contributed by atoms with Crippen LogP contribution in [0.5, 0.6) is 0 Å². The third-order valence-corrected chi connectivity index (χ3v) is 13.4. The summed E-state index contributed by atoms with van der Waals surface area (Å²) in [6, 6.07) is 16.0. The molecule has 0 saturated carbocycles. The number of carbonyl (C=O) groups excluding carboxylic acids is 6. The minimum Gasteiger partial charge on any atom is -0.378 e. The van der Waals surface area contributed by atoms with Crippen molar-refractivity contribution < 1.29 is 43.0 Å². The highest BCUT2D eigenvalue weighted by atomic mass is 32.2. The number of piperidine rings is 2. The number of ether oxygens (including phenoxy) is 3. The number of hydrogen-bond donors (Lipinski definition) is 2. The maximum atomic E-state index is 13.3. The minimum absolute atomic E-state index is 0.0138. The maximum Gasteiger partial charge on any atom is 0.263 e. The Morgan fingerprint density at radius 2 is 1.56 bits per heavy atom. The second-order valence-electron chi connectivity index (χ2n) is 16.8. The van der Waals surface area contributed by atoms with Crippen molar-refractivity contribution in [3.8, 4) is 0 Å². The van der Waals surface area contributed by atoms with Crippen LogP contribution in [0.1, 0.15) is 81.6 Å². The molecule has 17 heteroatoms. The molecule has 4 aliphatic rings. The van der Waals surface area contributed by atoms with Gasteiger partial charge in [0.2, 0.25) is 17.7 Å². The number of nitrogens with zero attached hydrogens (tertiary/aromatic N) is 5. The normalized spacial score (nSPS) is 17.9. The van der Waals surface area contributed by atoms with E-state index in [1.165, 1.54) is 11.8 Å². The molecule has 0 spiro atoms. The Hall–Kier alpha value is -5.62. The predicted octanol–water partition coefficient (Wildman–Crippen LogP) is 4.30. The monoisotopic (exact) mass is 923 g/mol. The van der Waals surface area contributed by atoms with Crippen molar-refractivity contribution in [1.29, 1.82) is 0 Å². The number of anilines is 1. The summed E-state index contributed by atoms with van der Waals surface area (Å²) in [5.74, 6) is -0.0711. The van der Waals surface area contributed by atoms with E-state index in [9.17, 15) is 28.8 Å². The van der Waals surface area contributed by atoms with Gasteiger partial charge in [0.05, 0.1) is 44.2 Å². The largest absolute Gasteiger partial charge is 0.378 e. The number of hydrogen-bond acceptors (Lipinski definition) is 12. The van der Waals surface area contributed by atoms with Crippen LogP contribution in [0.2, 0.25) is 0 Å². The molecule has 6 amide bonds. The number of amides is 6. The molecule has 1 atom stereocenters. The fraction of sp³-hybridized carbons (Fsp3) is 0.490. The SMILES string of the molecule is O=C(/C=C/c1cccnc1)NCCCCC1CCN(C(=O)c2ccc(N3CCN(C(=O)COCCOCCOCCSc4cccc5c4C(=O)N(C4CCCNC4=O)C5=O)CC3)cc2)CC1. The Morgan fingerprint density at radius 3 is 2.30 bits per heavy atom. The number of rotatable bonds is 22. The summed E-state index contributed by atoms with van der Waals surface area (Å²) in [6.07, 6.45) is 12.9. The first kappa shape index (κ1) is 48.3. The number of imide groups is 1. The molecule has 2 aromatic carbocycles. The van der Waals surface area contributed by atoms with Crippen molar-refractivity contribution in [2.45, 2.75) is 55.9 Å². The number of unbranched alkanes of at least 4 members (excludes halogenated alkanes) is 1. The van der Waals surface area contributed by atoms with Gasteiger partial charge in [-0.15, -0.1) is 11.8 Å². The molecule has 66 heavy (non-hydrogen) atoms. The van der Waals surface area contributed by atoms with Crippen molar-refractivity contribution >= 4 is 59.0 Å². The molecule has 1 unspecified atom stereocenters. The number of benzene rings is 2. The molecular formula is C49H61N7O9S. The summed E-state index contributed by atoms with van der Waals surface area (Å²) in [4.78, 5) is 88.8. The summed E-state index contributed by atoms with van der Waals surface area (Å²) in [6.45, 7) is 7.00. The summed E-state index contributed by atoms with van der Waals surface area (Å²) >= 11 is 1.43. The molecule has 4 aliphatic heterocycles. The molecule has 0 aliphatic carbocycles. The highest BCUT2D eigenvalue weighted by molar-refractivity contribution is 7.99. The Balaban J connectivity index is 0.689. The lowest BCUT2D eigenvalue weighted by Crippen LogP contribution is -2.52. The van der Waals surface area contributed by atoms with Gasteiger partial charge in [-0.1, -0.05) is 25.0 Å². The van der Waals surface area contributed by atoms with Crippen LogP contribution >= 0.6 is 11.8 Å². The minimum atomic E-state index is -0.774.